The van der Waals surface area contributed by atoms with Gasteiger partial charge in [0, 0.05) is 24.5 Å². The molecule has 13 heavy (non-hydrogen) atoms. The van der Waals surface area contributed by atoms with E-state index in [0.717, 1.165) is 0 Å². The lowest BCUT2D eigenvalue weighted by atomic mass is 10.5. The van der Waals surface area contributed by atoms with Crippen molar-refractivity contribution in [3.8, 4) is 0 Å². The first kappa shape index (κ1) is 8.62. The van der Waals surface area contributed by atoms with Gasteiger partial charge in [0.2, 0.25) is 0 Å². The highest BCUT2D eigenvalue weighted by Gasteiger charge is 2.16. The highest BCUT2D eigenvalue weighted by molar-refractivity contribution is 4.91. The SMILES string of the molecule is c1ccc([I+]c2ccccn2)nc1. The molecule has 0 radical (unpaired) electrons. The molecule has 2 aromatic rings. The van der Waals surface area contributed by atoms with Gasteiger partial charge in [-0.3, -0.25) is 0 Å². The molecule has 0 saturated carbocycles. The molecule has 2 rings (SSSR count). The molecule has 0 unspecified atom stereocenters. The second-order valence-electron chi connectivity index (χ2n) is 2.40. The summed E-state index contributed by atoms with van der Waals surface area (Å²) in [5.41, 5.74) is 0. The van der Waals surface area contributed by atoms with Gasteiger partial charge in [-0.1, -0.05) is 12.1 Å². The molecule has 0 aliphatic carbocycles. The van der Waals surface area contributed by atoms with E-state index in [1.54, 1.807) is 0 Å². The monoisotopic (exact) mass is 283 g/mol. The molecule has 0 bridgehead atoms. The summed E-state index contributed by atoms with van der Waals surface area (Å²) in [6.45, 7) is 0. The molecule has 0 N–H and O–H groups in total. The topological polar surface area (TPSA) is 25.8 Å². The van der Waals surface area contributed by atoms with Crippen molar-refractivity contribution in [3.63, 3.8) is 0 Å². The van der Waals surface area contributed by atoms with Crippen molar-refractivity contribution in [2.75, 3.05) is 0 Å². The highest BCUT2D eigenvalue weighted by atomic mass is 127. The smallest absolute Gasteiger partial charge is 0.212 e. The van der Waals surface area contributed by atoms with E-state index in [-0.39, 0.29) is 21.2 Å². The van der Waals surface area contributed by atoms with Crippen LogP contribution in [0, 0.1) is 7.40 Å². The fourth-order valence-corrected chi connectivity index (χ4v) is 2.84. The Bertz CT molecular complexity index is 324. The summed E-state index contributed by atoms with van der Waals surface area (Å²) < 4.78 is 2.33. The molecule has 64 valence electrons. The quantitative estimate of drug-likeness (QED) is 0.501. The summed E-state index contributed by atoms with van der Waals surface area (Å²) in [5, 5.41) is 0. The van der Waals surface area contributed by atoms with Crippen LogP contribution in [0.1, 0.15) is 0 Å². The molecule has 0 aromatic carbocycles. The van der Waals surface area contributed by atoms with Crippen molar-refractivity contribution < 1.29 is 21.2 Å². The number of pyridine rings is 2. The Hall–Kier alpha value is -0.970. The molecule has 0 aliphatic rings. The first-order valence-electron chi connectivity index (χ1n) is 3.92. The van der Waals surface area contributed by atoms with Gasteiger partial charge in [-0.05, 0) is 12.1 Å². The third kappa shape index (κ3) is 2.48. The van der Waals surface area contributed by atoms with Gasteiger partial charge < -0.3 is 0 Å². The lowest BCUT2D eigenvalue weighted by Crippen LogP contribution is -3.62. The Morgan fingerprint density at radius 3 is 1.69 bits per heavy atom. The number of hydrogen-bond donors (Lipinski definition) is 0. The summed E-state index contributed by atoms with van der Waals surface area (Å²) in [7, 11) is 0. The maximum atomic E-state index is 4.28. The molecule has 3 heteroatoms. The third-order valence-electron chi connectivity index (χ3n) is 1.45. The van der Waals surface area contributed by atoms with Gasteiger partial charge >= 0.3 is 21.2 Å². The van der Waals surface area contributed by atoms with E-state index < -0.39 is 0 Å². The molecule has 0 saturated heterocycles. The molecular formula is C10H8IN2+. The number of nitrogens with zero attached hydrogens (tertiary/aromatic N) is 2. The van der Waals surface area contributed by atoms with E-state index in [1.807, 2.05) is 36.7 Å². The van der Waals surface area contributed by atoms with E-state index in [2.05, 4.69) is 22.1 Å². The molecule has 0 spiro atoms. The number of rotatable bonds is 2. The fourth-order valence-electron chi connectivity index (χ4n) is 0.895. The maximum absolute atomic E-state index is 4.28. The largest absolute Gasteiger partial charge is 0.401 e. The van der Waals surface area contributed by atoms with Crippen molar-refractivity contribution in [1.29, 1.82) is 0 Å². The van der Waals surface area contributed by atoms with Gasteiger partial charge in [0.1, 0.15) is 0 Å². The molecule has 0 fully saturated rings. The first-order valence-corrected chi connectivity index (χ1v) is 6.08. The predicted molar refractivity (Wildman–Crippen MR) is 45.9 cm³/mol. The van der Waals surface area contributed by atoms with Crippen LogP contribution in [0.25, 0.3) is 0 Å². The van der Waals surface area contributed by atoms with E-state index in [1.165, 1.54) is 7.40 Å². The molecule has 0 atom stereocenters. The summed E-state index contributed by atoms with van der Waals surface area (Å²) in [4.78, 5) is 8.57. The number of hydrogen-bond acceptors (Lipinski definition) is 2. The molecular weight excluding hydrogens is 275 g/mol. The summed E-state index contributed by atoms with van der Waals surface area (Å²) >= 11 is -0.194. The highest BCUT2D eigenvalue weighted by Crippen LogP contribution is 1.79. The average Bonchev–Trinajstić information content (AvgIpc) is 2.21. The Morgan fingerprint density at radius 1 is 0.769 bits per heavy atom. The zero-order valence-corrected chi connectivity index (χ0v) is 9.05. The van der Waals surface area contributed by atoms with Crippen LogP contribution in [0.2, 0.25) is 0 Å². The summed E-state index contributed by atoms with van der Waals surface area (Å²) in [6, 6.07) is 12.0. The predicted octanol–water partition coefficient (Wildman–Crippen LogP) is -1.39. The Balaban J connectivity index is 2.16. The van der Waals surface area contributed by atoms with Gasteiger partial charge in [-0.2, -0.15) is 0 Å². The van der Waals surface area contributed by atoms with Gasteiger partial charge in [-0.15, -0.1) is 0 Å². The molecule has 0 aliphatic heterocycles. The first-order chi connectivity index (χ1) is 6.45. The average molecular weight is 283 g/mol. The van der Waals surface area contributed by atoms with Gasteiger partial charge in [0.25, 0.3) is 7.40 Å². The normalized spacial score (nSPS) is 9.85. The minimum absolute atomic E-state index is 0.194. The summed E-state index contributed by atoms with van der Waals surface area (Å²) in [6.07, 6.45) is 3.66. The minimum Gasteiger partial charge on any atom is -0.212 e. The molecule has 2 aromatic heterocycles. The summed E-state index contributed by atoms with van der Waals surface area (Å²) in [5.74, 6) is 0. The van der Waals surface area contributed by atoms with E-state index in [9.17, 15) is 0 Å². The zero-order chi connectivity index (χ0) is 8.93. The van der Waals surface area contributed by atoms with Crippen LogP contribution in [0.5, 0.6) is 0 Å². The minimum atomic E-state index is -0.194. The van der Waals surface area contributed by atoms with Gasteiger partial charge in [0.15, 0.2) is 0 Å². The van der Waals surface area contributed by atoms with E-state index >= 15 is 0 Å². The number of halogens is 1. The molecule has 0 amide bonds. The fraction of sp³-hybridized carbons (Fsp3) is 0. The van der Waals surface area contributed by atoms with Crippen LogP contribution in [0.3, 0.4) is 0 Å². The standard InChI is InChI=1S/C10H8IN2/c1-3-7-12-9(5-1)11-10-6-2-4-8-13-10/h1-8H/q+1. The second kappa shape index (κ2) is 4.32. The van der Waals surface area contributed by atoms with Crippen molar-refractivity contribution >= 4 is 0 Å². The van der Waals surface area contributed by atoms with E-state index in [4.69, 9.17) is 0 Å². The van der Waals surface area contributed by atoms with Crippen LogP contribution in [0.15, 0.2) is 48.8 Å². The maximum Gasteiger partial charge on any atom is 0.401 e. The Morgan fingerprint density at radius 2 is 1.31 bits per heavy atom. The molecule has 2 nitrogen and oxygen atoms in total. The van der Waals surface area contributed by atoms with Crippen molar-refractivity contribution in [1.82, 2.24) is 9.97 Å². The Kier molecular flexibility index (Phi) is 2.86. The van der Waals surface area contributed by atoms with Gasteiger partial charge in [-0.25, -0.2) is 9.97 Å². The van der Waals surface area contributed by atoms with Crippen LogP contribution in [-0.2, 0) is 0 Å². The lowest BCUT2D eigenvalue weighted by Gasteiger charge is -1.83. The Labute approximate surface area is 87.3 Å². The van der Waals surface area contributed by atoms with Crippen LogP contribution >= 0.6 is 0 Å². The van der Waals surface area contributed by atoms with Crippen molar-refractivity contribution in [2.24, 2.45) is 0 Å². The van der Waals surface area contributed by atoms with Crippen LogP contribution in [-0.4, -0.2) is 9.97 Å². The zero-order valence-electron chi connectivity index (χ0n) is 6.89. The van der Waals surface area contributed by atoms with Crippen molar-refractivity contribution in [2.45, 2.75) is 0 Å². The molecule has 2 heterocycles. The van der Waals surface area contributed by atoms with E-state index in [0.29, 0.717) is 0 Å². The van der Waals surface area contributed by atoms with Gasteiger partial charge in [0.05, 0.1) is 0 Å². The van der Waals surface area contributed by atoms with Crippen LogP contribution in [0.4, 0.5) is 0 Å². The third-order valence-corrected chi connectivity index (χ3v) is 3.83. The number of aromatic nitrogens is 2. The lowest BCUT2D eigenvalue weighted by molar-refractivity contribution is -0.609. The second-order valence-corrected chi connectivity index (χ2v) is 5.15. The van der Waals surface area contributed by atoms with Crippen LogP contribution < -0.4 is 21.2 Å². The van der Waals surface area contributed by atoms with Crippen molar-refractivity contribution in [3.05, 3.63) is 56.2 Å².